The van der Waals surface area contributed by atoms with E-state index in [1.54, 1.807) is 25.6 Å². The van der Waals surface area contributed by atoms with E-state index in [4.69, 9.17) is 4.74 Å². The third kappa shape index (κ3) is 6.54. The maximum absolute atomic E-state index is 10.7. The van der Waals surface area contributed by atoms with Crippen LogP contribution in [0.1, 0.15) is 43.7 Å². The Labute approximate surface area is 134 Å². The highest BCUT2D eigenvalue weighted by Gasteiger charge is 2.06. The second kappa shape index (κ2) is 13.8. The number of carbonyl (C=O) groups is 1. The van der Waals surface area contributed by atoms with E-state index < -0.39 is 0 Å². The van der Waals surface area contributed by atoms with E-state index in [2.05, 4.69) is 10.7 Å². The Bertz CT molecular complexity index is 522. The van der Waals surface area contributed by atoms with Gasteiger partial charge in [-0.25, -0.2) is 4.98 Å². The molecule has 1 heterocycles. The molecule has 0 saturated heterocycles. The molecule has 0 aliphatic heterocycles. The molecule has 0 amide bonds. The van der Waals surface area contributed by atoms with Crippen molar-refractivity contribution in [2.75, 3.05) is 14.2 Å². The molecule has 0 bridgehead atoms. The first-order chi connectivity index (χ1) is 10.7. The van der Waals surface area contributed by atoms with Crippen LogP contribution in [-0.4, -0.2) is 30.0 Å². The van der Waals surface area contributed by atoms with Crippen LogP contribution in [0.5, 0.6) is 5.75 Å². The first kappa shape index (κ1) is 22.1. The maximum atomic E-state index is 10.7. The number of aromatic nitrogens is 2. The Morgan fingerprint density at radius 2 is 1.77 bits per heavy atom. The molecule has 124 valence electrons. The van der Waals surface area contributed by atoms with Gasteiger partial charge in [0.05, 0.1) is 24.8 Å². The van der Waals surface area contributed by atoms with Crippen LogP contribution in [0.2, 0.25) is 0 Å². The van der Waals surface area contributed by atoms with Crippen molar-refractivity contribution in [2.45, 2.75) is 34.6 Å². The Hall–Kier alpha value is -2.14. The molecular weight excluding hydrogens is 278 g/mol. The molecule has 2 aromatic rings. The van der Waals surface area contributed by atoms with Gasteiger partial charge in [-0.3, -0.25) is 4.79 Å². The molecule has 1 aromatic carbocycles. The molecular formula is C17H29N3O2. The second-order valence-corrected chi connectivity index (χ2v) is 3.47. The lowest BCUT2D eigenvalue weighted by Crippen LogP contribution is -1.96. The minimum absolute atomic E-state index is 0.595. The van der Waals surface area contributed by atoms with Gasteiger partial charge in [-0.15, -0.1) is 0 Å². The van der Waals surface area contributed by atoms with Crippen LogP contribution in [-0.2, 0) is 0 Å². The second-order valence-electron chi connectivity index (χ2n) is 3.47. The number of ether oxygens (including phenoxy) is 1. The highest BCUT2D eigenvalue weighted by atomic mass is 16.5. The molecule has 0 spiro atoms. The first-order valence-electron chi connectivity index (χ1n) is 7.46. The van der Waals surface area contributed by atoms with E-state index in [0.29, 0.717) is 11.3 Å². The van der Waals surface area contributed by atoms with Crippen LogP contribution in [0.15, 0.2) is 30.7 Å². The highest BCUT2D eigenvalue weighted by Crippen LogP contribution is 2.23. The van der Waals surface area contributed by atoms with Gasteiger partial charge in [0.2, 0.25) is 0 Å². The minimum Gasteiger partial charge on any atom is -0.495 e. The van der Waals surface area contributed by atoms with Gasteiger partial charge in [-0.1, -0.05) is 27.7 Å². The fourth-order valence-corrected chi connectivity index (χ4v) is 1.53. The normalized spacial score (nSPS) is 8.18. The molecule has 0 radical (unpaired) electrons. The van der Waals surface area contributed by atoms with Crippen molar-refractivity contribution in [3.63, 3.8) is 0 Å². The van der Waals surface area contributed by atoms with Crippen LogP contribution in [0.3, 0.4) is 0 Å². The van der Waals surface area contributed by atoms with Crippen molar-refractivity contribution in [3.05, 3.63) is 42.0 Å². The SMILES string of the molecule is CC.CC.CN.COc1cc(C=O)ccc1-n1cnc(C)c1. The lowest BCUT2D eigenvalue weighted by Gasteiger charge is -2.09. The minimum atomic E-state index is 0.595. The standard InChI is InChI=1S/C12H12N2O2.2C2H6.CH5N/c1-9-6-14(8-13-9)11-4-3-10(7-15)5-12(11)16-2;3*1-2/h3-8H,1-2H3;2*1-2H3;2H2,1H3. The highest BCUT2D eigenvalue weighted by molar-refractivity contribution is 5.76. The zero-order valence-electron chi connectivity index (χ0n) is 14.8. The summed E-state index contributed by atoms with van der Waals surface area (Å²) in [6.07, 6.45) is 4.41. The number of benzene rings is 1. The fraction of sp³-hybridized carbons (Fsp3) is 0.412. The van der Waals surface area contributed by atoms with E-state index in [9.17, 15) is 4.79 Å². The van der Waals surface area contributed by atoms with Crippen molar-refractivity contribution in [2.24, 2.45) is 5.73 Å². The van der Waals surface area contributed by atoms with Crippen LogP contribution >= 0.6 is 0 Å². The number of aldehydes is 1. The number of rotatable bonds is 3. The first-order valence-corrected chi connectivity index (χ1v) is 7.46. The Morgan fingerprint density at radius 1 is 1.18 bits per heavy atom. The predicted octanol–water partition coefficient (Wildman–Crippen LogP) is 3.63. The largest absolute Gasteiger partial charge is 0.495 e. The van der Waals surface area contributed by atoms with Crippen molar-refractivity contribution in [1.82, 2.24) is 9.55 Å². The maximum Gasteiger partial charge on any atom is 0.150 e. The molecule has 2 N–H and O–H groups in total. The van der Waals surface area contributed by atoms with Gasteiger partial charge in [0.1, 0.15) is 12.0 Å². The Morgan fingerprint density at radius 3 is 2.18 bits per heavy atom. The van der Waals surface area contributed by atoms with Gasteiger partial charge < -0.3 is 15.0 Å². The van der Waals surface area contributed by atoms with Crippen LogP contribution in [0, 0.1) is 6.92 Å². The summed E-state index contributed by atoms with van der Waals surface area (Å²) in [6.45, 7) is 9.92. The lowest BCUT2D eigenvalue weighted by molar-refractivity contribution is 0.112. The molecule has 0 aliphatic rings. The van der Waals surface area contributed by atoms with E-state index in [1.807, 2.05) is 51.4 Å². The molecule has 0 fully saturated rings. The number of nitrogens with two attached hydrogens (primary N) is 1. The van der Waals surface area contributed by atoms with Crippen LogP contribution in [0.25, 0.3) is 5.69 Å². The van der Waals surface area contributed by atoms with Gasteiger partial charge in [-0.2, -0.15) is 0 Å². The Balaban J connectivity index is 0. The van der Waals surface area contributed by atoms with E-state index >= 15 is 0 Å². The summed E-state index contributed by atoms with van der Waals surface area (Å²) in [5.41, 5.74) is 6.90. The van der Waals surface area contributed by atoms with Gasteiger partial charge in [0.15, 0.2) is 0 Å². The average Bonchev–Trinajstić information content (AvgIpc) is 3.05. The third-order valence-corrected chi connectivity index (χ3v) is 2.33. The number of aryl methyl sites for hydroxylation is 1. The van der Waals surface area contributed by atoms with Crippen LogP contribution in [0.4, 0.5) is 0 Å². The number of methoxy groups -OCH3 is 1. The van der Waals surface area contributed by atoms with Gasteiger partial charge in [0.25, 0.3) is 0 Å². The lowest BCUT2D eigenvalue weighted by atomic mass is 10.2. The molecule has 22 heavy (non-hydrogen) atoms. The number of hydrogen-bond donors (Lipinski definition) is 1. The molecule has 0 atom stereocenters. The van der Waals surface area contributed by atoms with Crippen LogP contribution < -0.4 is 10.5 Å². The van der Waals surface area contributed by atoms with E-state index in [0.717, 1.165) is 17.7 Å². The van der Waals surface area contributed by atoms with Crippen molar-refractivity contribution >= 4 is 6.29 Å². The number of nitrogens with zero attached hydrogens (tertiary/aromatic N) is 2. The van der Waals surface area contributed by atoms with E-state index in [-0.39, 0.29) is 0 Å². The van der Waals surface area contributed by atoms with Crippen molar-refractivity contribution < 1.29 is 9.53 Å². The molecule has 0 saturated carbocycles. The molecule has 5 heteroatoms. The Kier molecular flexibility index (Phi) is 13.9. The van der Waals surface area contributed by atoms with Gasteiger partial charge in [0, 0.05) is 11.8 Å². The molecule has 2 rings (SSSR count). The zero-order valence-corrected chi connectivity index (χ0v) is 14.8. The summed E-state index contributed by atoms with van der Waals surface area (Å²) in [7, 11) is 3.08. The smallest absolute Gasteiger partial charge is 0.150 e. The third-order valence-electron chi connectivity index (χ3n) is 2.33. The average molecular weight is 307 g/mol. The summed E-state index contributed by atoms with van der Waals surface area (Å²) < 4.78 is 7.11. The summed E-state index contributed by atoms with van der Waals surface area (Å²) in [5, 5.41) is 0. The number of hydrogen-bond acceptors (Lipinski definition) is 4. The topological polar surface area (TPSA) is 70.1 Å². The molecule has 5 nitrogen and oxygen atoms in total. The number of carbonyl (C=O) groups excluding carboxylic acids is 1. The van der Waals surface area contributed by atoms with Gasteiger partial charge in [-0.05, 0) is 32.2 Å². The van der Waals surface area contributed by atoms with Crippen molar-refractivity contribution in [3.8, 4) is 11.4 Å². The number of imidazole rings is 1. The predicted molar refractivity (Wildman–Crippen MR) is 93.0 cm³/mol. The summed E-state index contributed by atoms with van der Waals surface area (Å²) >= 11 is 0. The summed E-state index contributed by atoms with van der Waals surface area (Å²) in [6, 6.07) is 5.29. The van der Waals surface area contributed by atoms with Crippen molar-refractivity contribution in [1.29, 1.82) is 0 Å². The quantitative estimate of drug-likeness (QED) is 0.879. The molecule has 1 aromatic heterocycles. The van der Waals surface area contributed by atoms with Gasteiger partial charge >= 0.3 is 0 Å². The van der Waals surface area contributed by atoms with E-state index in [1.165, 1.54) is 7.05 Å². The summed E-state index contributed by atoms with van der Waals surface area (Å²) in [4.78, 5) is 14.8. The fourth-order valence-electron chi connectivity index (χ4n) is 1.53. The monoisotopic (exact) mass is 307 g/mol. The molecule has 0 aliphatic carbocycles. The summed E-state index contributed by atoms with van der Waals surface area (Å²) in [5.74, 6) is 0.655. The molecule has 0 unspecified atom stereocenters. The zero-order chi connectivity index (χ0) is 17.5.